The third kappa shape index (κ3) is 3.93. The van der Waals surface area contributed by atoms with E-state index in [9.17, 15) is 4.79 Å². The van der Waals surface area contributed by atoms with Crippen molar-refractivity contribution in [3.05, 3.63) is 28.8 Å². The predicted octanol–water partition coefficient (Wildman–Crippen LogP) is 1.54. The zero-order chi connectivity index (χ0) is 18.2. The maximum absolute atomic E-state index is 12.9. The smallest absolute Gasteiger partial charge is 0.276 e. The highest BCUT2D eigenvalue weighted by Gasteiger charge is 2.32. The summed E-state index contributed by atoms with van der Waals surface area (Å²) in [6.07, 6.45) is 8.44. The fraction of sp³-hybridized carbons (Fsp3) is 0.684. The van der Waals surface area contributed by atoms with E-state index in [4.69, 9.17) is 0 Å². The Morgan fingerprint density at radius 2 is 2.07 bits per heavy atom. The van der Waals surface area contributed by atoms with Crippen molar-refractivity contribution in [1.82, 2.24) is 35.4 Å². The van der Waals surface area contributed by atoms with Crippen molar-refractivity contribution in [1.29, 1.82) is 0 Å². The van der Waals surface area contributed by atoms with Gasteiger partial charge in [0.1, 0.15) is 0 Å². The Kier molecular flexibility index (Phi) is 5.68. The molecule has 1 unspecified atom stereocenters. The lowest BCUT2D eigenvalue weighted by Gasteiger charge is -2.22. The Balaban J connectivity index is 0.00000192. The van der Waals surface area contributed by atoms with Crippen molar-refractivity contribution in [2.24, 2.45) is 5.92 Å². The van der Waals surface area contributed by atoms with E-state index in [2.05, 4.69) is 25.8 Å². The monoisotopic (exact) mass is 405 g/mol. The fourth-order valence-electron chi connectivity index (χ4n) is 4.40. The summed E-state index contributed by atoms with van der Waals surface area (Å²) in [7, 11) is 0. The first-order valence-electron chi connectivity index (χ1n) is 10.2. The highest BCUT2D eigenvalue weighted by Crippen LogP contribution is 2.41. The Bertz CT molecular complexity index is 822. The molecule has 0 radical (unpaired) electrons. The topological polar surface area (TPSA) is 91.7 Å². The number of amides is 1. The van der Waals surface area contributed by atoms with Gasteiger partial charge in [-0.2, -0.15) is 5.10 Å². The molecule has 4 heterocycles. The molecule has 2 aromatic heterocycles. The van der Waals surface area contributed by atoms with Crippen LogP contribution in [0.2, 0.25) is 0 Å². The van der Waals surface area contributed by atoms with Crippen LogP contribution in [0.1, 0.15) is 59.0 Å². The van der Waals surface area contributed by atoms with E-state index < -0.39 is 0 Å². The molecule has 2 aliphatic heterocycles. The minimum Gasteiger partial charge on any atom is -0.336 e. The number of rotatable bonds is 4. The van der Waals surface area contributed by atoms with Gasteiger partial charge in [0, 0.05) is 37.7 Å². The van der Waals surface area contributed by atoms with Gasteiger partial charge in [-0.15, -0.1) is 17.5 Å². The zero-order valence-corrected chi connectivity index (χ0v) is 16.9. The lowest BCUT2D eigenvalue weighted by Crippen LogP contribution is -2.33. The van der Waals surface area contributed by atoms with E-state index >= 15 is 0 Å². The van der Waals surface area contributed by atoms with E-state index in [0.29, 0.717) is 24.1 Å². The number of carbonyl (C=O) groups excluding carboxylic acids is 1. The van der Waals surface area contributed by atoms with E-state index in [-0.39, 0.29) is 18.3 Å². The SMILES string of the molecule is Cl.O=C(c1cn(CC2CCCNC2)nn1)N1CCc2[nH]nc(C3CC3)c2CC1. The van der Waals surface area contributed by atoms with Gasteiger partial charge in [-0.1, -0.05) is 5.21 Å². The lowest BCUT2D eigenvalue weighted by atomic mass is 10.00. The number of halogens is 1. The minimum atomic E-state index is -0.00546. The zero-order valence-electron chi connectivity index (χ0n) is 16.1. The van der Waals surface area contributed by atoms with Crippen LogP contribution in [0, 0.1) is 5.92 Å². The van der Waals surface area contributed by atoms with Gasteiger partial charge in [0.2, 0.25) is 0 Å². The summed E-state index contributed by atoms with van der Waals surface area (Å²) in [4.78, 5) is 14.9. The molecular weight excluding hydrogens is 378 g/mol. The molecule has 2 fully saturated rings. The average molecular weight is 406 g/mol. The van der Waals surface area contributed by atoms with Crippen molar-refractivity contribution in [3.8, 4) is 0 Å². The van der Waals surface area contributed by atoms with Crippen LogP contribution >= 0.6 is 12.4 Å². The predicted molar refractivity (Wildman–Crippen MR) is 107 cm³/mol. The molecule has 5 rings (SSSR count). The molecule has 2 aromatic rings. The van der Waals surface area contributed by atoms with Gasteiger partial charge < -0.3 is 10.2 Å². The van der Waals surface area contributed by atoms with Gasteiger partial charge in [0.25, 0.3) is 5.91 Å². The molecule has 0 spiro atoms. The molecular formula is C19H28ClN7O. The second kappa shape index (κ2) is 8.21. The number of carbonyl (C=O) groups is 1. The molecule has 3 aliphatic rings. The van der Waals surface area contributed by atoms with E-state index in [1.807, 2.05) is 15.8 Å². The standard InChI is InChI=1S/C19H27N7O.ClH/c27-19(17-12-26(24-22-17)11-13-2-1-7-20-10-13)25-8-5-15-16(6-9-25)21-23-18(15)14-3-4-14;/h12-14,20H,1-11H2,(H,21,23);1H. The maximum atomic E-state index is 12.9. The molecule has 9 heteroatoms. The third-order valence-electron chi connectivity index (χ3n) is 6.10. The van der Waals surface area contributed by atoms with Crippen LogP contribution < -0.4 is 5.32 Å². The Labute approximate surface area is 170 Å². The Hall–Kier alpha value is -1.93. The Morgan fingerprint density at radius 1 is 1.21 bits per heavy atom. The van der Waals surface area contributed by atoms with Crippen LogP contribution in [-0.4, -0.2) is 62.2 Å². The van der Waals surface area contributed by atoms with Gasteiger partial charge in [-0.25, -0.2) is 0 Å². The summed E-state index contributed by atoms with van der Waals surface area (Å²) in [5.74, 6) is 1.20. The number of piperidine rings is 1. The summed E-state index contributed by atoms with van der Waals surface area (Å²) < 4.78 is 1.83. The van der Waals surface area contributed by atoms with Crippen molar-refractivity contribution in [3.63, 3.8) is 0 Å². The van der Waals surface area contributed by atoms with Gasteiger partial charge in [0.05, 0.1) is 11.9 Å². The van der Waals surface area contributed by atoms with Crippen LogP contribution in [0.25, 0.3) is 0 Å². The molecule has 0 aromatic carbocycles. The number of hydrogen-bond acceptors (Lipinski definition) is 5. The third-order valence-corrected chi connectivity index (χ3v) is 6.10. The van der Waals surface area contributed by atoms with Gasteiger partial charge in [0.15, 0.2) is 5.69 Å². The fourth-order valence-corrected chi connectivity index (χ4v) is 4.40. The van der Waals surface area contributed by atoms with Gasteiger partial charge in [-0.3, -0.25) is 14.6 Å². The molecule has 8 nitrogen and oxygen atoms in total. The summed E-state index contributed by atoms with van der Waals surface area (Å²) in [5.41, 5.74) is 4.26. The van der Waals surface area contributed by atoms with Gasteiger partial charge >= 0.3 is 0 Å². The number of aromatic nitrogens is 5. The normalized spacial score (nSPS) is 22.3. The number of nitrogens with one attached hydrogen (secondary N) is 2. The molecule has 1 saturated carbocycles. The van der Waals surface area contributed by atoms with Crippen LogP contribution in [0.4, 0.5) is 0 Å². The van der Waals surface area contributed by atoms with E-state index in [1.54, 1.807) is 0 Å². The van der Waals surface area contributed by atoms with Crippen molar-refractivity contribution >= 4 is 18.3 Å². The average Bonchev–Trinajstić information content (AvgIpc) is 3.37. The summed E-state index contributed by atoms with van der Waals surface area (Å²) >= 11 is 0. The number of fused-ring (bicyclic) bond motifs is 1. The molecule has 2 N–H and O–H groups in total. The number of nitrogens with zero attached hydrogens (tertiary/aromatic N) is 5. The van der Waals surface area contributed by atoms with E-state index in [1.165, 1.54) is 42.6 Å². The summed E-state index contributed by atoms with van der Waals surface area (Å²) in [6.45, 7) is 4.38. The quantitative estimate of drug-likeness (QED) is 0.805. The molecule has 1 aliphatic carbocycles. The highest BCUT2D eigenvalue weighted by atomic mass is 35.5. The van der Waals surface area contributed by atoms with Crippen molar-refractivity contribution in [2.75, 3.05) is 26.2 Å². The second-order valence-electron chi connectivity index (χ2n) is 8.17. The number of aromatic amines is 1. The first kappa shape index (κ1) is 19.4. The van der Waals surface area contributed by atoms with Crippen molar-refractivity contribution < 1.29 is 4.79 Å². The number of H-pyrrole nitrogens is 1. The molecule has 152 valence electrons. The van der Waals surface area contributed by atoms with Crippen LogP contribution in [0.5, 0.6) is 0 Å². The molecule has 1 saturated heterocycles. The van der Waals surface area contributed by atoms with Crippen LogP contribution in [0.15, 0.2) is 6.20 Å². The largest absolute Gasteiger partial charge is 0.336 e. The minimum absolute atomic E-state index is 0. The van der Waals surface area contributed by atoms with E-state index in [0.717, 1.165) is 39.0 Å². The van der Waals surface area contributed by atoms with Crippen molar-refractivity contribution in [2.45, 2.75) is 51.0 Å². The lowest BCUT2D eigenvalue weighted by molar-refractivity contribution is 0.0756. The molecule has 1 amide bonds. The molecule has 1 atom stereocenters. The van der Waals surface area contributed by atoms with Crippen LogP contribution in [-0.2, 0) is 19.4 Å². The summed E-state index contributed by atoms with van der Waals surface area (Å²) in [6, 6.07) is 0. The van der Waals surface area contributed by atoms with Gasteiger partial charge in [-0.05, 0) is 56.7 Å². The Morgan fingerprint density at radius 3 is 2.86 bits per heavy atom. The first-order chi connectivity index (χ1) is 13.3. The second-order valence-corrected chi connectivity index (χ2v) is 8.17. The maximum Gasteiger partial charge on any atom is 0.276 e. The number of hydrogen-bond donors (Lipinski definition) is 2. The summed E-state index contributed by atoms with van der Waals surface area (Å²) in [5, 5.41) is 19.5. The first-order valence-corrected chi connectivity index (χ1v) is 10.2. The molecule has 0 bridgehead atoms. The molecule has 28 heavy (non-hydrogen) atoms. The highest BCUT2D eigenvalue weighted by molar-refractivity contribution is 5.92. The van der Waals surface area contributed by atoms with Crippen LogP contribution in [0.3, 0.4) is 0 Å².